The maximum Gasteiger partial charge on any atom is 0.133 e. The fourth-order valence-electron chi connectivity index (χ4n) is 2.22. The van der Waals surface area contributed by atoms with E-state index in [1.54, 1.807) is 6.33 Å². The van der Waals surface area contributed by atoms with Crippen LogP contribution in [0.4, 0.5) is 11.6 Å². The van der Waals surface area contributed by atoms with Gasteiger partial charge in [0.15, 0.2) is 0 Å². The molecule has 104 valence electrons. The molecule has 2 rings (SSSR count). The monoisotopic (exact) mass is 262 g/mol. The van der Waals surface area contributed by atoms with Crippen LogP contribution in [0.3, 0.4) is 0 Å². The molecule has 0 amide bonds. The minimum atomic E-state index is 0.357. The Kier molecular flexibility index (Phi) is 5.12. The van der Waals surface area contributed by atoms with Crippen LogP contribution in [0.15, 0.2) is 12.4 Å². The quantitative estimate of drug-likeness (QED) is 0.771. The van der Waals surface area contributed by atoms with Crippen molar-refractivity contribution in [2.75, 3.05) is 17.2 Å². The number of hydrogen-bond donors (Lipinski definition) is 2. The van der Waals surface area contributed by atoms with Crippen LogP contribution in [0.5, 0.6) is 0 Å². The molecule has 19 heavy (non-hydrogen) atoms. The van der Waals surface area contributed by atoms with Gasteiger partial charge in [0.05, 0.1) is 0 Å². The van der Waals surface area contributed by atoms with Crippen LogP contribution in [0, 0.1) is 0 Å². The molecule has 1 aromatic rings. The molecule has 5 nitrogen and oxygen atoms in total. The molecule has 0 spiro atoms. The van der Waals surface area contributed by atoms with Crippen molar-refractivity contribution < 1.29 is 4.79 Å². The molecule has 0 aromatic carbocycles. The maximum atomic E-state index is 11.2. The lowest BCUT2D eigenvalue weighted by atomic mass is 9.94. The lowest BCUT2D eigenvalue weighted by molar-refractivity contribution is -0.120. The Hall–Kier alpha value is -1.65. The Bertz CT molecular complexity index is 412. The van der Waals surface area contributed by atoms with Gasteiger partial charge in [-0.1, -0.05) is 13.3 Å². The van der Waals surface area contributed by atoms with Crippen molar-refractivity contribution in [3.63, 3.8) is 0 Å². The molecule has 1 aromatic heterocycles. The minimum absolute atomic E-state index is 0.357. The first-order chi connectivity index (χ1) is 9.28. The summed E-state index contributed by atoms with van der Waals surface area (Å²) in [5.74, 6) is 2.08. The number of rotatable bonds is 6. The van der Waals surface area contributed by atoms with Crippen molar-refractivity contribution in [3.05, 3.63) is 12.4 Å². The fourth-order valence-corrected chi connectivity index (χ4v) is 2.22. The lowest BCUT2D eigenvalue weighted by Crippen LogP contribution is -2.26. The van der Waals surface area contributed by atoms with Gasteiger partial charge in [0, 0.05) is 31.5 Å². The Morgan fingerprint density at radius 1 is 1.26 bits per heavy atom. The molecule has 0 aliphatic heterocycles. The van der Waals surface area contributed by atoms with Crippen LogP contribution in [-0.4, -0.2) is 28.3 Å². The van der Waals surface area contributed by atoms with Gasteiger partial charge < -0.3 is 10.6 Å². The Balaban J connectivity index is 1.86. The summed E-state index contributed by atoms with van der Waals surface area (Å²) in [6.45, 7) is 3.10. The van der Waals surface area contributed by atoms with Crippen molar-refractivity contribution in [1.82, 2.24) is 9.97 Å². The van der Waals surface area contributed by atoms with Gasteiger partial charge in [0.1, 0.15) is 23.7 Å². The van der Waals surface area contributed by atoms with E-state index in [0.717, 1.165) is 37.4 Å². The molecule has 0 unspecified atom stereocenters. The highest BCUT2D eigenvalue weighted by Gasteiger charge is 2.18. The van der Waals surface area contributed by atoms with Crippen molar-refractivity contribution >= 4 is 17.4 Å². The number of carbonyl (C=O) groups excluding carboxylic acids is 1. The van der Waals surface area contributed by atoms with Crippen LogP contribution < -0.4 is 10.6 Å². The first-order valence-corrected chi connectivity index (χ1v) is 7.12. The summed E-state index contributed by atoms with van der Waals surface area (Å²) >= 11 is 0. The summed E-state index contributed by atoms with van der Waals surface area (Å²) in [5, 5.41) is 6.67. The SMILES string of the molecule is CCCCNc1cc(NC2CCC(=O)CC2)ncn1. The maximum absolute atomic E-state index is 11.2. The zero-order valence-electron chi connectivity index (χ0n) is 11.5. The highest BCUT2D eigenvalue weighted by molar-refractivity contribution is 5.79. The number of nitrogens with one attached hydrogen (secondary N) is 2. The average molecular weight is 262 g/mol. The summed E-state index contributed by atoms with van der Waals surface area (Å²) in [6, 6.07) is 2.29. The van der Waals surface area contributed by atoms with Gasteiger partial charge >= 0.3 is 0 Å². The van der Waals surface area contributed by atoms with E-state index < -0.39 is 0 Å². The van der Waals surface area contributed by atoms with Gasteiger partial charge in [0.2, 0.25) is 0 Å². The minimum Gasteiger partial charge on any atom is -0.370 e. The lowest BCUT2D eigenvalue weighted by Gasteiger charge is -2.22. The van der Waals surface area contributed by atoms with Gasteiger partial charge in [-0.25, -0.2) is 9.97 Å². The van der Waals surface area contributed by atoms with Gasteiger partial charge in [-0.15, -0.1) is 0 Å². The number of ketones is 1. The smallest absolute Gasteiger partial charge is 0.133 e. The number of Topliss-reactive ketones (excluding diaryl/α,β-unsaturated/α-hetero) is 1. The number of anilines is 2. The number of hydrogen-bond acceptors (Lipinski definition) is 5. The van der Waals surface area contributed by atoms with E-state index in [2.05, 4.69) is 27.5 Å². The highest BCUT2D eigenvalue weighted by Crippen LogP contribution is 2.19. The largest absolute Gasteiger partial charge is 0.370 e. The van der Waals surface area contributed by atoms with Crippen molar-refractivity contribution in [2.45, 2.75) is 51.5 Å². The van der Waals surface area contributed by atoms with E-state index in [9.17, 15) is 4.79 Å². The van der Waals surface area contributed by atoms with E-state index in [-0.39, 0.29) is 0 Å². The number of nitrogens with zero attached hydrogens (tertiary/aromatic N) is 2. The molecule has 1 saturated carbocycles. The zero-order chi connectivity index (χ0) is 13.5. The average Bonchev–Trinajstić information content (AvgIpc) is 2.42. The van der Waals surface area contributed by atoms with Gasteiger partial charge in [-0.2, -0.15) is 0 Å². The van der Waals surface area contributed by atoms with Crippen LogP contribution in [-0.2, 0) is 4.79 Å². The number of aromatic nitrogens is 2. The first-order valence-electron chi connectivity index (χ1n) is 7.12. The normalized spacial score (nSPS) is 16.4. The van der Waals surface area contributed by atoms with Gasteiger partial charge in [0.25, 0.3) is 0 Å². The van der Waals surface area contributed by atoms with Gasteiger partial charge in [-0.05, 0) is 19.3 Å². The summed E-state index contributed by atoms with van der Waals surface area (Å²) in [5.41, 5.74) is 0. The molecule has 0 bridgehead atoms. The molecule has 0 atom stereocenters. The second kappa shape index (κ2) is 7.07. The molecule has 5 heteroatoms. The van der Waals surface area contributed by atoms with E-state index in [1.165, 1.54) is 6.42 Å². The standard InChI is InChI=1S/C14H22N4O/c1-2-3-8-15-13-9-14(17-10-16-13)18-11-4-6-12(19)7-5-11/h9-11H,2-8H2,1H3,(H2,15,16,17,18). The summed E-state index contributed by atoms with van der Waals surface area (Å²) in [6.07, 6.45) is 7.05. The molecule has 1 aliphatic carbocycles. The molecule has 2 N–H and O–H groups in total. The van der Waals surface area contributed by atoms with E-state index in [1.807, 2.05) is 6.07 Å². The third-order valence-electron chi connectivity index (χ3n) is 3.40. The Morgan fingerprint density at radius 2 is 2.00 bits per heavy atom. The van der Waals surface area contributed by atoms with Crippen LogP contribution >= 0.6 is 0 Å². The van der Waals surface area contributed by atoms with Crippen LogP contribution in [0.25, 0.3) is 0 Å². The molecule has 0 saturated heterocycles. The van der Waals surface area contributed by atoms with Crippen molar-refractivity contribution in [2.24, 2.45) is 0 Å². The Morgan fingerprint density at radius 3 is 2.74 bits per heavy atom. The van der Waals surface area contributed by atoms with Crippen LogP contribution in [0.1, 0.15) is 45.4 Å². The second-order valence-corrected chi connectivity index (χ2v) is 5.03. The summed E-state index contributed by atoms with van der Waals surface area (Å²) < 4.78 is 0. The molecule has 0 radical (unpaired) electrons. The van der Waals surface area contributed by atoms with Crippen molar-refractivity contribution in [1.29, 1.82) is 0 Å². The second-order valence-electron chi connectivity index (χ2n) is 5.03. The molecule has 1 fully saturated rings. The zero-order valence-corrected chi connectivity index (χ0v) is 11.5. The van der Waals surface area contributed by atoms with E-state index >= 15 is 0 Å². The topological polar surface area (TPSA) is 66.9 Å². The molecular formula is C14H22N4O. The number of unbranched alkanes of at least 4 members (excludes halogenated alkanes) is 1. The van der Waals surface area contributed by atoms with Crippen molar-refractivity contribution in [3.8, 4) is 0 Å². The summed E-state index contributed by atoms with van der Waals surface area (Å²) in [4.78, 5) is 19.6. The van der Waals surface area contributed by atoms with E-state index in [4.69, 9.17) is 0 Å². The molecule has 1 aliphatic rings. The molecule has 1 heterocycles. The first kappa shape index (κ1) is 13.8. The van der Waals surface area contributed by atoms with Crippen LogP contribution in [0.2, 0.25) is 0 Å². The fraction of sp³-hybridized carbons (Fsp3) is 0.643. The third kappa shape index (κ3) is 4.50. The summed E-state index contributed by atoms with van der Waals surface area (Å²) in [7, 11) is 0. The third-order valence-corrected chi connectivity index (χ3v) is 3.40. The highest BCUT2D eigenvalue weighted by atomic mass is 16.1. The molecular weight excluding hydrogens is 240 g/mol. The predicted molar refractivity (Wildman–Crippen MR) is 76.3 cm³/mol. The number of carbonyl (C=O) groups is 1. The van der Waals surface area contributed by atoms with E-state index in [0.29, 0.717) is 24.7 Å². The van der Waals surface area contributed by atoms with Gasteiger partial charge in [-0.3, -0.25) is 4.79 Å². The Labute approximate surface area is 114 Å². The predicted octanol–water partition coefficient (Wildman–Crippen LogP) is 2.61.